The van der Waals surface area contributed by atoms with E-state index in [4.69, 9.17) is 4.52 Å². The lowest BCUT2D eigenvalue weighted by Crippen LogP contribution is -2.38. The molecule has 1 aromatic carbocycles. The molecule has 27 heavy (non-hydrogen) atoms. The number of H-pyrrole nitrogens is 1. The van der Waals surface area contributed by atoms with Crippen LogP contribution in [-0.4, -0.2) is 29.7 Å². The largest absolute Gasteiger partial charge is 0.361 e. The molecule has 3 N–H and O–H groups in total. The van der Waals surface area contributed by atoms with Crippen LogP contribution in [0.3, 0.4) is 0 Å². The highest BCUT2D eigenvalue weighted by molar-refractivity contribution is 5.86. The quantitative estimate of drug-likeness (QED) is 0.441. The number of nitrogens with zero attached hydrogens (tertiary/aromatic N) is 2. The minimum absolute atomic E-state index is 0.668. The minimum atomic E-state index is 0.668. The minimum Gasteiger partial charge on any atom is -0.361 e. The second-order valence-corrected chi connectivity index (χ2v) is 6.65. The van der Waals surface area contributed by atoms with E-state index in [1.165, 1.54) is 22.0 Å². The predicted octanol–water partition coefficient (Wildman–Crippen LogP) is 3.50. The summed E-state index contributed by atoms with van der Waals surface area (Å²) in [6.45, 7) is 7.81. The Morgan fingerprint density at radius 2 is 2.07 bits per heavy atom. The number of benzene rings is 1. The molecule has 0 bridgehead atoms. The summed E-state index contributed by atoms with van der Waals surface area (Å²) in [5.41, 5.74) is 5.99. The average molecular weight is 367 g/mol. The molecule has 2 aromatic heterocycles. The predicted molar refractivity (Wildman–Crippen MR) is 110 cm³/mol. The van der Waals surface area contributed by atoms with Crippen molar-refractivity contribution >= 4 is 16.9 Å². The molecule has 0 aliphatic heterocycles. The topological polar surface area (TPSA) is 78.2 Å². The number of aryl methyl sites for hydroxylation is 3. The van der Waals surface area contributed by atoms with Crippen molar-refractivity contribution in [3.63, 3.8) is 0 Å². The Hall–Kier alpha value is -2.76. The van der Waals surface area contributed by atoms with Crippen molar-refractivity contribution in [2.75, 3.05) is 13.6 Å². The first-order valence-electron chi connectivity index (χ1n) is 9.64. The third-order valence-corrected chi connectivity index (χ3v) is 4.95. The Balaban J connectivity index is 1.58. The average Bonchev–Trinajstić information content (AvgIpc) is 3.28. The summed E-state index contributed by atoms with van der Waals surface area (Å²) in [6, 6.07) is 6.36. The zero-order valence-electron chi connectivity index (χ0n) is 16.6. The van der Waals surface area contributed by atoms with Crippen LogP contribution >= 0.6 is 0 Å². The number of guanidine groups is 1. The van der Waals surface area contributed by atoms with E-state index < -0.39 is 0 Å². The number of aliphatic imine (C=N–C) groups is 1. The molecule has 0 saturated carbocycles. The Morgan fingerprint density at radius 3 is 2.81 bits per heavy atom. The molecule has 0 radical (unpaired) electrons. The van der Waals surface area contributed by atoms with E-state index in [1.54, 1.807) is 7.05 Å². The van der Waals surface area contributed by atoms with Crippen molar-refractivity contribution in [2.45, 2.75) is 46.6 Å². The van der Waals surface area contributed by atoms with E-state index >= 15 is 0 Å². The third-order valence-electron chi connectivity index (χ3n) is 4.95. The number of hydrogen-bond acceptors (Lipinski definition) is 3. The van der Waals surface area contributed by atoms with Gasteiger partial charge >= 0.3 is 0 Å². The highest BCUT2D eigenvalue weighted by atomic mass is 16.5. The van der Waals surface area contributed by atoms with Gasteiger partial charge in [-0.25, -0.2) is 0 Å². The summed E-state index contributed by atoms with van der Waals surface area (Å²) < 4.78 is 5.43. The van der Waals surface area contributed by atoms with Crippen LogP contribution in [0.15, 0.2) is 33.9 Å². The lowest BCUT2D eigenvalue weighted by Gasteiger charge is -2.12. The SMILES string of the molecule is CCc1noc(CC)c1CNC(=NC)NCCc1c[nH]c2cccc(C)c12. The highest BCUT2D eigenvalue weighted by Crippen LogP contribution is 2.22. The number of fused-ring (bicyclic) bond motifs is 1. The van der Waals surface area contributed by atoms with Crippen LogP contribution < -0.4 is 10.6 Å². The van der Waals surface area contributed by atoms with Gasteiger partial charge in [0.2, 0.25) is 0 Å². The first-order chi connectivity index (χ1) is 13.2. The Labute approximate surface area is 160 Å². The van der Waals surface area contributed by atoms with Crippen molar-refractivity contribution in [3.8, 4) is 0 Å². The zero-order valence-corrected chi connectivity index (χ0v) is 16.6. The Kier molecular flexibility index (Phi) is 6.16. The maximum absolute atomic E-state index is 5.43. The second kappa shape index (κ2) is 8.75. The Morgan fingerprint density at radius 1 is 1.22 bits per heavy atom. The fourth-order valence-corrected chi connectivity index (χ4v) is 3.49. The van der Waals surface area contributed by atoms with Crippen LogP contribution in [0.1, 0.15) is 42.0 Å². The van der Waals surface area contributed by atoms with Crippen molar-refractivity contribution in [1.29, 1.82) is 0 Å². The van der Waals surface area contributed by atoms with Crippen LogP contribution in [0.4, 0.5) is 0 Å². The smallest absolute Gasteiger partial charge is 0.191 e. The first-order valence-corrected chi connectivity index (χ1v) is 9.64. The molecule has 3 rings (SSSR count). The van der Waals surface area contributed by atoms with Crippen LogP contribution in [0.5, 0.6) is 0 Å². The van der Waals surface area contributed by atoms with Crippen molar-refractivity contribution in [1.82, 2.24) is 20.8 Å². The third kappa shape index (κ3) is 4.15. The summed E-state index contributed by atoms with van der Waals surface area (Å²) >= 11 is 0. The molecular weight excluding hydrogens is 338 g/mol. The summed E-state index contributed by atoms with van der Waals surface area (Å²) in [6.07, 6.45) is 4.75. The van der Waals surface area contributed by atoms with Gasteiger partial charge < -0.3 is 20.1 Å². The van der Waals surface area contributed by atoms with E-state index in [-0.39, 0.29) is 0 Å². The first kappa shape index (κ1) is 19.0. The van der Waals surface area contributed by atoms with Gasteiger partial charge in [-0.15, -0.1) is 0 Å². The van der Waals surface area contributed by atoms with Crippen LogP contribution in [0.25, 0.3) is 10.9 Å². The van der Waals surface area contributed by atoms with Gasteiger partial charge in [0.15, 0.2) is 5.96 Å². The van der Waals surface area contributed by atoms with E-state index in [1.807, 2.05) is 0 Å². The summed E-state index contributed by atoms with van der Waals surface area (Å²) in [5, 5.41) is 12.3. The van der Waals surface area contributed by atoms with Crippen molar-refractivity contribution in [2.24, 2.45) is 4.99 Å². The summed E-state index contributed by atoms with van der Waals surface area (Å²) in [5.74, 6) is 1.74. The second-order valence-electron chi connectivity index (χ2n) is 6.65. The standard InChI is InChI=1S/C21H29N5O/c1-5-17-16(19(6-2)27-26-17)13-25-21(22-4)23-11-10-15-12-24-18-9-7-8-14(3)20(15)18/h7-9,12,24H,5-6,10-11,13H2,1-4H3,(H2,22,23,25). The van der Waals surface area contributed by atoms with Gasteiger partial charge in [0.1, 0.15) is 5.76 Å². The maximum atomic E-state index is 5.43. The van der Waals surface area contributed by atoms with Crippen molar-refractivity contribution < 1.29 is 4.52 Å². The summed E-state index contributed by atoms with van der Waals surface area (Å²) in [4.78, 5) is 7.69. The molecule has 3 aromatic rings. The fourth-order valence-electron chi connectivity index (χ4n) is 3.49. The van der Waals surface area contributed by atoms with Crippen LogP contribution in [0, 0.1) is 6.92 Å². The molecular formula is C21H29N5O. The van der Waals surface area contributed by atoms with Gasteiger partial charge in [-0.2, -0.15) is 0 Å². The Bertz CT molecular complexity index is 900. The monoisotopic (exact) mass is 367 g/mol. The molecule has 2 heterocycles. The van der Waals surface area contributed by atoms with E-state index in [2.05, 4.69) is 70.9 Å². The fraction of sp³-hybridized carbons (Fsp3) is 0.429. The van der Waals surface area contributed by atoms with Gasteiger partial charge in [0.25, 0.3) is 0 Å². The van der Waals surface area contributed by atoms with E-state index in [0.717, 1.165) is 48.8 Å². The number of rotatable bonds is 7. The van der Waals surface area contributed by atoms with Crippen LogP contribution in [-0.2, 0) is 25.8 Å². The van der Waals surface area contributed by atoms with Gasteiger partial charge in [0, 0.05) is 49.2 Å². The molecule has 144 valence electrons. The maximum Gasteiger partial charge on any atom is 0.191 e. The number of hydrogen-bond donors (Lipinski definition) is 3. The van der Waals surface area contributed by atoms with Gasteiger partial charge in [-0.1, -0.05) is 31.1 Å². The lowest BCUT2D eigenvalue weighted by molar-refractivity contribution is 0.380. The molecule has 0 unspecified atom stereocenters. The van der Waals surface area contributed by atoms with E-state index in [9.17, 15) is 0 Å². The molecule has 0 saturated heterocycles. The molecule has 0 aliphatic rings. The highest BCUT2D eigenvalue weighted by Gasteiger charge is 2.13. The molecule has 0 atom stereocenters. The van der Waals surface area contributed by atoms with E-state index in [0.29, 0.717) is 6.54 Å². The summed E-state index contributed by atoms with van der Waals surface area (Å²) in [7, 11) is 1.79. The van der Waals surface area contributed by atoms with Crippen LogP contribution in [0.2, 0.25) is 0 Å². The molecule has 0 aliphatic carbocycles. The number of aromatic amines is 1. The molecule has 6 heteroatoms. The number of aromatic nitrogens is 2. The van der Waals surface area contributed by atoms with Gasteiger partial charge in [0.05, 0.1) is 5.69 Å². The lowest BCUT2D eigenvalue weighted by atomic mass is 10.1. The van der Waals surface area contributed by atoms with Crippen molar-refractivity contribution in [3.05, 3.63) is 52.5 Å². The molecule has 6 nitrogen and oxygen atoms in total. The molecule has 0 spiro atoms. The zero-order chi connectivity index (χ0) is 19.2. The van der Waals surface area contributed by atoms with Gasteiger partial charge in [-0.05, 0) is 37.0 Å². The normalized spacial score (nSPS) is 11.9. The number of nitrogens with one attached hydrogen (secondary N) is 3. The van der Waals surface area contributed by atoms with Gasteiger partial charge in [-0.3, -0.25) is 4.99 Å². The molecule has 0 fully saturated rings. The molecule has 0 amide bonds.